The van der Waals surface area contributed by atoms with Gasteiger partial charge in [-0.3, -0.25) is 14.9 Å². The lowest BCUT2D eigenvalue weighted by atomic mass is 10.0. The molecule has 0 radical (unpaired) electrons. The van der Waals surface area contributed by atoms with E-state index in [0.29, 0.717) is 5.69 Å². The average Bonchev–Trinajstić information content (AvgIpc) is 3.04. The number of hydrogen-bond acceptors (Lipinski definition) is 4. The fraction of sp³-hybridized carbons (Fsp3) is 0.278. The van der Waals surface area contributed by atoms with E-state index in [1.807, 2.05) is 11.8 Å². The fourth-order valence-electron chi connectivity index (χ4n) is 3.26. The molecule has 6 nitrogen and oxygen atoms in total. The summed E-state index contributed by atoms with van der Waals surface area (Å²) in [7, 11) is 0. The lowest BCUT2D eigenvalue weighted by Gasteiger charge is -2.27. The quantitative estimate of drug-likeness (QED) is 0.689. The summed E-state index contributed by atoms with van der Waals surface area (Å²) in [6, 6.07) is 12.8. The van der Waals surface area contributed by atoms with E-state index in [1.165, 1.54) is 11.6 Å². The molecule has 2 aromatic carbocycles. The Labute approximate surface area is 140 Å². The van der Waals surface area contributed by atoms with Gasteiger partial charge in [0.05, 0.1) is 11.0 Å². The Morgan fingerprint density at radius 2 is 1.96 bits per heavy atom. The molecule has 2 N–H and O–H groups in total. The van der Waals surface area contributed by atoms with Crippen LogP contribution >= 0.6 is 0 Å². The first-order valence-electron chi connectivity index (χ1n) is 7.89. The summed E-state index contributed by atoms with van der Waals surface area (Å²) < 4.78 is 0. The molecule has 0 unspecified atom stereocenters. The molecule has 1 fully saturated rings. The molecule has 3 rings (SSSR count). The number of nitrogens with two attached hydrogens (primary N) is 1. The van der Waals surface area contributed by atoms with Crippen LogP contribution in [0.2, 0.25) is 0 Å². The van der Waals surface area contributed by atoms with Crippen molar-refractivity contribution in [2.75, 3.05) is 11.4 Å². The highest BCUT2D eigenvalue weighted by molar-refractivity contribution is 5.94. The maximum Gasteiger partial charge on any atom is 0.293 e. The number of anilines is 1. The van der Waals surface area contributed by atoms with Crippen LogP contribution in [0, 0.1) is 17.0 Å². The molecule has 1 aliphatic heterocycles. The number of benzene rings is 2. The van der Waals surface area contributed by atoms with Crippen LogP contribution in [0.5, 0.6) is 0 Å². The minimum Gasteiger partial charge on any atom is -0.366 e. The van der Waals surface area contributed by atoms with E-state index in [1.54, 1.807) is 12.1 Å². The zero-order valence-electron chi connectivity index (χ0n) is 13.4. The van der Waals surface area contributed by atoms with Crippen LogP contribution in [0.1, 0.15) is 40.4 Å². The third-order valence-corrected chi connectivity index (χ3v) is 4.48. The number of nitro groups is 1. The summed E-state index contributed by atoms with van der Waals surface area (Å²) >= 11 is 0. The Kier molecular flexibility index (Phi) is 4.20. The molecule has 0 aromatic heterocycles. The molecular formula is C18H19N3O3. The van der Waals surface area contributed by atoms with E-state index in [4.69, 9.17) is 5.73 Å². The second-order valence-electron chi connectivity index (χ2n) is 6.09. The molecule has 124 valence electrons. The van der Waals surface area contributed by atoms with Gasteiger partial charge in [0.15, 0.2) is 0 Å². The molecule has 6 heteroatoms. The number of primary amides is 1. The number of nitrogens with zero attached hydrogens (tertiary/aromatic N) is 2. The Balaban J connectivity index is 2.02. The number of hydrogen-bond donors (Lipinski definition) is 1. The Morgan fingerprint density at radius 3 is 2.58 bits per heavy atom. The van der Waals surface area contributed by atoms with Crippen molar-refractivity contribution in [3.05, 3.63) is 69.3 Å². The maximum absolute atomic E-state index is 11.5. The predicted molar refractivity (Wildman–Crippen MR) is 92.1 cm³/mol. The van der Waals surface area contributed by atoms with Gasteiger partial charge in [-0.25, -0.2) is 0 Å². The molecule has 1 saturated heterocycles. The maximum atomic E-state index is 11.5. The minimum absolute atomic E-state index is 0.0784. The minimum atomic E-state index is -0.666. The highest BCUT2D eigenvalue weighted by Gasteiger charge is 2.31. The van der Waals surface area contributed by atoms with Crippen molar-refractivity contribution in [3.8, 4) is 0 Å². The van der Waals surface area contributed by atoms with Crippen molar-refractivity contribution in [1.82, 2.24) is 0 Å². The molecule has 24 heavy (non-hydrogen) atoms. The van der Waals surface area contributed by atoms with Crippen LogP contribution in [0.4, 0.5) is 11.4 Å². The summed E-state index contributed by atoms with van der Waals surface area (Å²) in [4.78, 5) is 24.4. The molecule has 1 amide bonds. The Morgan fingerprint density at radius 1 is 1.25 bits per heavy atom. The molecule has 1 aliphatic rings. The lowest BCUT2D eigenvalue weighted by Crippen LogP contribution is -2.24. The first kappa shape index (κ1) is 16.0. The topological polar surface area (TPSA) is 89.5 Å². The second-order valence-corrected chi connectivity index (χ2v) is 6.09. The molecule has 0 spiro atoms. The number of nitro benzene ring substituents is 1. The number of carbonyl (C=O) groups is 1. The van der Waals surface area contributed by atoms with E-state index >= 15 is 0 Å². The standard InChI is InChI=1S/C18H19N3O3/c1-12-4-6-13(7-5-12)15-3-2-10-20(15)16-9-8-14(18(19)22)11-17(16)21(23)24/h4-9,11,15H,2-3,10H2,1H3,(H2,19,22)/t15-/m0/s1. The van der Waals surface area contributed by atoms with E-state index < -0.39 is 10.8 Å². The highest BCUT2D eigenvalue weighted by Crippen LogP contribution is 2.40. The van der Waals surface area contributed by atoms with Crippen molar-refractivity contribution in [3.63, 3.8) is 0 Å². The first-order chi connectivity index (χ1) is 11.5. The molecule has 1 atom stereocenters. The van der Waals surface area contributed by atoms with Gasteiger partial charge in [0.2, 0.25) is 5.91 Å². The predicted octanol–water partition coefficient (Wildman–Crippen LogP) is 3.34. The molecule has 0 aliphatic carbocycles. The van der Waals surface area contributed by atoms with Crippen molar-refractivity contribution in [2.45, 2.75) is 25.8 Å². The SMILES string of the molecule is Cc1ccc([C@@H]2CCCN2c2ccc(C(N)=O)cc2[N+](=O)[O-])cc1. The van der Waals surface area contributed by atoms with Gasteiger partial charge in [-0.05, 0) is 37.5 Å². The van der Waals surface area contributed by atoms with Crippen molar-refractivity contribution >= 4 is 17.3 Å². The second kappa shape index (κ2) is 6.31. The third kappa shape index (κ3) is 2.95. The van der Waals surface area contributed by atoms with Gasteiger partial charge in [0.1, 0.15) is 5.69 Å². The van der Waals surface area contributed by atoms with Crippen LogP contribution in [0.25, 0.3) is 0 Å². The summed E-state index contributed by atoms with van der Waals surface area (Å²) in [6.45, 7) is 2.78. The zero-order chi connectivity index (χ0) is 17.3. The fourth-order valence-corrected chi connectivity index (χ4v) is 3.26. The third-order valence-electron chi connectivity index (χ3n) is 4.48. The molecule has 1 heterocycles. The smallest absolute Gasteiger partial charge is 0.293 e. The van der Waals surface area contributed by atoms with E-state index in [-0.39, 0.29) is 17.3 Å². The monoisotopic (exact) mass is 325 g/mol. The van der Waals surface area contributed by atoms with Crippen molar-refractivity contribution in [2.24, 2.45) is 5.73 Å². The number of aryl methyl sites for hydroxylation is 1. The molecule has 0 bridgehead atoms. The van der Waals surface area contributed by atoms with Gasteiger partial charge in [-0.1, -0.05) is 29.8 Å². The summed E-state index contributed by atoms with van der Waals surface area (Å²) in [6.07, 6.45) is 1.91. The molecular weight excluding hydrogens is 306 g/mol. The highest BCUT2D eigenvalue weighted by atomic mass is 16.6. The average molecular weight is 325 g/mol. The number of rotatable bonds is 4. The van der Waals surface area contributed by atoms with Gasteiger partial charge in [-0.15, -0.1) is 0 Å². The molecule has 0 saturated carbocycles. The van der Waals surface area contributed by atoms with Gasteiger partial charge in [0, 0.05) is 18.2 Å². The van der Waals surface area contributed by atoms with Crippen LogP contribution in [-0.4, -0.2) is 17.4 Å². The first-order valence-corrected chi connectivity index (χ1v) is 7.89. The molecule has 2 aromatic rings. The largest absolute Gasteiger partial charge is 0.366 e. The Hall–Kier alpha value is -2.89. The summed E-state index contributed by atoms with van der Waals surface area (Å²) in [5.41, 5.74) is 8.18. The van der Waals surface area contributed by atoms with Gasteiger partial charge in [-0.2, -0.15) is 0 Å². The lowest BCUT2D eigenvalue weighted by molar-refractivity contribution is -0.384. The summed E-state index contributed by atoms with van der Waals surface area (Å²) in [5.74, 6) is -0.666. The number of carbonyl (C=O) groups excluding carboxylic acids is 1. The van der Waals surface area contributed by atoms with Crippen LogP contribution in [0.3, 0.4) is 0 Å². The number of amides is 1. The van der Waals surface area contributed by atoms with Gasteiger partial charge in [0.25, 0.3) is 5.69 Å². The van der Waals surface area contributed by atoms with Crippen LogP contribution in [-0.2, 0) is 0 Å². The zero-order valence-corrected chi connectivity index (χ0v) is 13.4. The van der Waals surface area contributed by atoms with Crippen molar-refractivity contribution in [1.29, 1.82) is 0 Å². The van der Waals surface area contributed by atoms with Crippen LogP contribution in [0.15, 0.2) is 42.5 Å². The van der Waals surface area contributed by atoms with Gasteiger partial charge < -0.3 is 10.6 Å². The van der Waals surface area contributed by atoms with Crippen LogP contribution < -0.4 is 10.6 Å². The Bertz CT molecular complexity index is 787. The summed E-state index contributed by atoms with van der Waals surface area (Å²) in [5, 5.41) is 11.5. The van der Waals surface area contributed by atoms with E-state index in [0.717, 1.165) is 24.9 Å². The van der Waals surface area contributed by atoms with E-state index in [2.05, 4.69) is 24.3 Å². The normalized spacial score (nSPS) is 17.0. The van der Waals surface area contributed by atoms with E-state index in [9.17, 15) is 14.9 Å². The van der Waals surface area contributed by atoms with Crippen molar-refractivity contribution < 1.29 is 9.72 Å². The van der Waals surface area contributed by atoms with Gasteiger partial charge >= 0.3 is 0 Å².